The molecule has 266 valence electrons. The molecule has 0 fully saturated rings. The monoisotopic (exact) mass is 645 g/mol. The molecule has 0 spiro atoms. The van der Waals surface area contributed by atoms with Crippen LogP contribution in [0.1, 0.15) is 181 Å². The van der Waals surface area contributed by atoms with E-state index in [4.69, 9.17) is 9.47 Å². The Bertz CT molecular complexity index is 782. The first kappa shape index (κ1) is 43.9. The van der Waals surface area contributed by atoms with Gasteiger partial charge >= 0.3 is 11.9 Å². The van der Waals surface area contributed by atoms with Crippen LogP contribution in [0, 0.1) is 0 Å². The van der Waals surface area contributed by atoms with Crippen LogP contribution in [-0.2, 0) is 19.1 Å². The van der Waals surface area contributed by atoms with E-state index >= 15 is 0 Å². The molecule has 1 N–H and O–H groups in total. The Morgan fingerprint density at radius 1 is 0.522 bits per heavy atom. The minimum absolute atomic E-state index is 0.0665. The van der Waals surface area contributed by atoms with Crippen LogP contribution in [-0.4, -0.2) is 36.4 Å². The molecule has 0 saturated heterocycles. The first-order chi connectivity index (χ1) is 22.6. The molecule has 1 unspecified atom stereocenters. The van der Waals surface area contributed by atoms with E-state index in [9.17, 15) is 14.7 Å². The molecule has 0 amide bonds. The van der Waals surface area contributed by atoms with E-state index in [1.165, 1.54) is 89.9 Å². The van der Waals surface area contributed by atoms with E-state index in [0.717, 1.165) is 64.2 Å². The number of unbranched alkanes of at least 4 members (excludes halogenated alkanes) is 18. The number of hydrogen-bond donors (Lipinski definition) is 1. The molecule has 0 radical (unpaired) electrons. The van der Waals surface area contributed by atoms with Crippen LogP contribution in [0.15, 0.2) is 48.6 Å². The molecule has 0 aromatic heterocycles. The molecule has 0 heterocycles. The Morgan fingerprint density at radius 3 is 1.41 bits per heavy atom. The van der Waals surface area contributed by atoms with Crippen LogP contribution in [0.5, 0.6) is 0 Å². The summed E-state index contributed by atoms with van der Waals surface area (Å²) in [6.45, 7) is 3.99. The molecule has 0 aliphatic carbocycles. The lowest BCUT2D eigenvalue weighted by molar-refractivity contribution is -0.161. The molecule has 5 heteroatoms. The number of rotatable bonds is 34. The smallest absolute Gasteiger partial charge is 0.306 e. The molecule has 5 nitrogen and oxygen atoms in total. The minimum Gasteiger partial charge on any atom is -0.462 e. The summed E-state index contributed by atoms with van der Waals surface area (Å²) in [7, 11) is 0. The normalized spacial score (nSPS) is 12.7. The standard InChI is InChI=1S/C41H72O5/c1-3-5-7-9-11-13-14-15-16-17-18-19-20-21-22-23-24-25-26-28-30-32-34-36-41(44)46-39(37-42)38-45-40(43)35-33-31-29-27-12-10-8-6-4-2/h5,7,11,13,15-16,18-19,39,42H,3-4,6,8-10,12,14,17,20-38H2,1-2H3/b7-5-,13-11-,16-15-,19-18-. The average Bonchev–Trinajstić information content (AvgIpc) is 3.06. The van der Waals surface area contributed by atoms with Crippen molar-refractivity contribution in [3.63, 3.8) is 0 Å². The number of carbonyl (C=O) groups excluding carboxylic acids is 2. The molecule has 0 aromatic carbocycles. The van der Waals surface area contributed by atoms with Crippen molar-refractivity contribution in [1.82, 2.24) is 0 Å². The number of ether oxygens (including phenoxy) is 2. The topological polar surface area (TPSA) is 72.8 Å². The maximum Gasteiger partial charge on any atom is 0.306 e. The average molecular weight is 645 g/mol. The van der Waals surface area contributed by atoms with E-state index < -0.39 is 6.10 Å². The van der Waals surface area contributed by atoms with Gasteiger partial charge in [0.15, 0.2) is 6.10 Å². The van der Waals surface area contributed by atoms with E-state index in [0.29, 0.717) is 12.8 Å². The first-order valence-electron chi connectivity index (χ1n) is 19.2. The summed E-state index contributed by atoms with van der Waals surface area (Å²) in [6.07, 6.45) is 46.1. The van der Waals surface area contributed by atoms with Crippen molar-refractivity contribution in [1.29, 1.82) is 0 Å². The Hall–Kier alpha value is -2.14. The lowest BCUT2D eigenvalue weighted by Gasteiger charge is -2.15. The summed E-state index contributed by atoms with van der Waals surface area (Å²) < 4.78 is 10.6. The van der Waals surface area contributed by atoms with Crippen molar-refractivity contribution in [2.24, 2.45) is 0 Å². The summed E-state index contributed by atoms with van der Waals surface area (Å²) in [6, 6.07) is 0. The number of esters is 2. The fourth-order valence-electron chi connectivity index (χ4n) is 5.25. The third kappa shape index (κ3) is 34.7. The zero-order valence-corrected chi connectivity index (χ0v) is 30.1. The molecule has 0 aliphatic heterocycles. The van der Waals surface area contributed by atoms with E-state index in [-0.39, 0.29) is 25.2 Å². The lowest BCUT2D eigenvalue weighted by Crippen LogP contribution is -2.28. The first-order valence-corrected chi connectivity index (χ1v) is 19.2. The molecule has 0 aromatic rings. The van der Waals surface area contributed by atoms with Gasteiger partial charge in [-0.05, 0) is 51.4 Å². The summed E-state index contributed by atoms with van der Waals surface area (Å²) in [5.41, 5.74) is 0. The van der Waals surface area contributed by atoms with Gasteiger partial charge in [0.2, 0.25) is 0 Å². The largest absolute Gasteiger partial charge is 0.462 e. The Labute approximate surface area is 284 Å². The van der Waals surface area contributed by atoms with Gasteiger partial charge in [0, 0.05) is 12.8 Å². The van der Waals surface area contributed by atoms with Crippen LogP contribution < -0.4 is 0 Å². The van der Waals surface area contributed by atoms with Crippen LogP contribution >= 0.6 is 0 Å². The van der Waals surface area contributed by atoms with Crippen molar-refractivity contribution in [3.05, 3.63) is 48.6 Å². The molecule has 46 heavy (non-hydrogen) atoms. The third-order valence-electron chi connectivity index (χ3n) is 8.14. The number of allylic oxidation sites excluding steroid dienone is 8. The van der Waals surface area contributed by atoms with Gasteiger partial charge in [-0.25, -0.2) is 0 Å². The summed E-state index contributed by atoms with van der Waals surface area (Å²) in [4.78, 5) is 24.1. The molecule has 0 saturated carbocycles. The second kappa shape index (κ2) is 37.3. The van der Waals surface area contributed by atoms with Gasteiger partial charge in [0.25, 0.3) is 0 Å². The van der Waals surface area contributed by atoms with Crippen molar-refractivity contribution < 1.29 is 24.2 Å². The maximum absolute atomic E-state index is 12.1. The molecule has 1 atom stereocenters. The predicted octanol–water partition coefficient (Wildman–Crippen LogP) is 11.8. The summed E-state index contributed by atoms with van der Waals surface area (Å²) >= 11 is 0. The van der Waals surface area contributed by atoms with Crippen molar-refractivity contribution in [2.75, 3.05) is 13.2 Å². The highest BCUT2D eigenvalue weighted by atomic mass is 16.6. The van der Waals surface area contributed by atoms with Crippen molar-refractivity contribution in [3.8, 4) is 0 Å². The Balaban J connectivity index is 3.54. The molecule has 0 rings (SSSR count). The summed E-state index contributed by atoms with van der Waals surface area (Å²) in [5.74, 6) is -0.599. The maximum atomic E-state index is 12.1. The quantitative estimate of drug-likeness (QED) is 0.0429. The van der Waals surface area contributed by atoms with Gasteiger partial charge in [0.1, 0.15) is 6.61 Å². The highest BCUT2D eigenvalue weighted by Gasteiger charge is 2.16. The van der Waals surface area contributed by atoms with Crippen molar-refractivity contribution in [2.45, 2.75) is 187 Å². The van der Waals surface area contributed by atoms with Gasteiger partial charge in [0.05, 0.1) is 6.61 Å². The fourth-order valence-corrected chi connectivity index (χ4v) is 5.25. The van der Waals surface area contributed by atoms with Crippen LogP contribution in [0.2, 0.25) is 0 Å². The highest BCUT2D eigenvalue weighted by molar-refractivity contribution is 5.70. The predicted molar refractivity (Wildman–Crippen MR) is 196 cm³/mol. The zero-order chi connectivity index (χ0) is 33.6. The van der Waals surface area contributed by atoms with E-state index in [2.05, 4.69) is 62.5 Å². The van der Waals surface area contributed by atoms with Gasteiger partial charge in [-0.1, -0.05) is 165 Å². The number of aliphatic hydroxyl groups is 1. The SMILES string of the molecule is CC/C=C\C/C=C\C/C=C\C/C=C\CCCCCCCCCCCCC(=O)OC(CO)COC(=O)CCCCCCCCCCC. The third-order valence-corrected chi connectivity index (χ3v) is 8.14. The molecular weight excluding hydrogens is 572 g/mol. The second-order valence-corrected chi connectivity index (χ2v) is 12.6. The molecular formula is C41H72O5. The van der Waals surface area contributed by atoms with Gasteiger partial charge < -0.3 is 14.6 Å². The summed E-state index contributed by atoms with van der Waals surface area (Å²) in [5, 5.41) is 9.52. The second-order valence-electron chi connectivity index (χ2n) is 12.6. The Kier molecular flexibility index (Phi) is 35.6. The van der Waals surface area contributed by atoms with E-state index in [1.807, 2.05) is 0 Å². The number of aliphatic hydroxyl groups excluding tert-OH is 1. The van der Waals surface area contributed by atoms with Crippen molar-refractivity contribution >= 4 is 11.9 Å². The zero-order valence-electron chi connectivity index (χ0n) is 30.1. The molecule has 0 aliphatic rings. The Morgan fingerprint density at radius 2 is 0.935 bits per heavy atom. The van der Waals surface area contributed by atoms with Crippen LogP contribution in [0.3, 0.4) is 0 Å². The van der Waals surface area contributed by atoms with Gasteiger partial charge in [-0.3, -0.25) is 9.59 Å². The fraction of sp³-hybridized carbons (Fsp3) is 0.756. The highest BCUT2D eigenvalue weighted by Crippen LogP contribution is 2.14. The van der Waals surface area contributed by atoms with Crippen LogP contribution in [0.4, 0.5) is 0 Å². The number of hydrogen-bond acceptors (Lipinski definition) is 5. The molecule has 0 bridgehead atoms. The number of carbonyl (C=O) groups is 2. The minimum atomic E-state index is -0.770. The lowest BCUT2D eigenvalue weighted by atomic mass is 10.0. The van der Waals surface area contributed by atoms with Gasteiger partial charge in [-0.15, -0.1) is 0 Å². The van der Waals surface area contributed by atoms with Gasteiger partial charge in [-0.2, -0.15) is 0 Å². The van der Waals surface area contributed by atoms with E-state index in [1.54, 1.807) is 0 Å². The van der Waals surface area contributed by atoms with Crippen LogP contribution in [0.25, 0.3) is 0 Å².